The van der Waals surface area contributed by atoms with Gasteiger partial charge in [0.1, 0.15) is 0 Å². The van der Waals surface area contributed by atoms with Gasteiger partial charge in [-0.15, -0.1) is 0 Å². The van der Waals surface area contributed by atoms with Crippen molar-refractivity contribution in [1.29, 1.82) is 0 Å². The van der Waals surface area contributed by atoms with Crippen LogP contribution in [0.4, 0.5) is 0 Å². The maximum atomic E-state index is 11.6. The van der Waals surface area contributed by atoms with Crippen LogP contribution in [-0.2, 0) is 4.79 Å². The van der Waals surface area contributed by atoms with Gasteiger partial charge in [-0.05, 0) is 35.9 Å². The lowest BCUT2D eigenvalue weighted by molar-refractivity contribution is -0.130. The van der Waals surface area contributed by atoms with Crippen molar-refractivity contribution < 1.29 is 19.4 Å². The van der Waals surface area contributed by atoms with Gasteiger partial charge in [0.15, 0.2) is 11.5 Å². The minimum atomic E-state index is -1.09. The molecule has 0 atom stereocenters. The topological polar surface area (TPSA) is 55.8 Å². The van der Waals surface area contributed by atoms with Crippen molar-refractivity contribution in [2.24, 2.45) is 0 Å². The first-order valence-corrected chi connectivity index (χ1v) is 7.11. The van der Waals surface area contributed by atoms with E-state index in [2.05, 4.69) is 0 Å². The second kappa shape index (κ2) is 5.91. The third kappa shape index (κ3) is 2.75. The predicted octanol–water partition coefficient (Wildman–Crippen LogP) is 4.35. The minimum Gasteiger partial charge on any atom is -0.478 e. The highest BCUT2D eigenvalue weighted by Crippen LogP contribution is 2.36. The van der Waals surface area contributed by atoms with E-state index in [4.69, 9.17) is 32.7 Å². The first-order valence-electron chi connectivity index (χ1n) is 6.35. The van der Waals surface area contributed by atoms with Gasteiger partial charge in [0, 0.05) is 15.6 Å². The first kappa shape index (κ1) is 14.8. The van der Waals surface area contributed by atoms with Crippen molar-refractivity contribution in [3.63, 3.8) is 0 Å². The highest BCUT2D eigenvalue weighted by Gasteiger charge is 2.18. The van der Waals surface area contributed by atoms with Gasteiger partial charge in [0.25, 0.3) is 0 Å². The van der Waals surface area contributed by atoms with E-state index in [0.29, 0.717) is 32.7 Å². The Hall–Kier alpha value is -2.17. The molecule has 0 aliphatic carbocycles. The fourth-order valence-electron chi connectivity index (χ4n) is 2.13. The van der Waals surface area contributed by atoms with E-state index in [9.17, 15) is 9.90 Å². The summed E-state index contributed by atoms with van der Waals surface area (Å²) in [5, 5.41) is 10.3. The third-order valence-corrected chi connectivity index (χ3v) is 3.86. The zero-order valence-electron chi connectivity index (χ0n) is 11.2. The zero-order chi connectivity index (χ0) is 15.7. The van der Waals surface area contributed by atoms with Gasteiger partial charge in [-0.2, -0.15) is 0 Å². The molecule has 0 radical (unpaired) electrons. The number of hydrogen-bond acceptors (Lipinski definition) is 3. The van der Waals surface area contributed by atoms with Gasteiger partial charge in [0.2, 0.25) is 6.79 Å². The molecule has 1 aliphatic rings. The highest BCUT2D eigenvalue weighted by atomic mass is 35.5. The molecule has 1 aliphatic heterocycles. The fraction of sp³-hybridized carbons (Fsp3) is 0.0625. The van der Waals surface area contributed by atoms with Crippen LogP contribution in [0.25, 0.3) is 11.6 Å². The number of rotatable bonds is 3. The van der Waals surface area contributed by atoms with E-state index in [1.807, 2.05) is 0 Å². The Morgan fingerprint density at radius 3 is 2.45 bits per heavy atom. The van der Waals surface area contributed by atoms with Gasteiger partial charge in [-0.1, -0.05) is 35.3 Å². The Balaban J connectivity index is 2.11. The summed E-state index contributed by atoms with van der Waals surface area (Å²) in [6.45, 7) is 0.126. The van der Waals surface area contributed by atoms with E-state index >= 15 is 0 Å². The molecule has 0 aromatic heterocycles. The summed E-state index contributed by atoms with van der Waals surface area (Å²) < 4.78 is 10.5. The Labute approximate surface area is 136 Å². The molecule has 0 spiro atoms. The Morgan fingerprint density at radius 1 is 1.09 bits per heavy atom. The maximum absolute atomic E-state index is 11.6. The van der Waals surface area contributed by atoms with E-state index < -0.39 is 5.97 Å². The average Bonchev–Trinajstić information content (AvgIpc) is 2.94. The van der Waals surface area contributed by atoms with Crippen molar-refractivity contribution in [2.75, 3.05) is 6.79 Å². The largest absolute Gasteiger partial charge is 0.478 e. The van der Waals surface area contributed by atoms with Crippen LogP contribution in [0.1, 0.15) is 11.1 Å². The van der Waals surface area contributed by atoms with Gasteiger partial charge < -0.3 is 14.6 Å². The van der Waals surface area contributed by atoms with Crippen LogP contribution in [0.2, 0.25) is 10.0 Å². The lowest BCUT2D eigenvalue weighted by atomic mass is 10.0. The number of aliphatic carboxylic acids is 1. The molecule has 0 amide bonds. The van der Waals surface area contributed by atoms with Crippen molar-refractivity contribution in [3.05, 3.63) is 57.6 Å². The van der Waals surface area contributed by atoms with Gasteiger partial charge in [-0.3, -0.25) is 0 Å². The van der Waals surface area contributed by atoms with E-state index in [1.165, 1.54) is 6.08 Å². The summed E-state index contributed by atoms with van der Waals surface area (Å²) in [6, 6.07) is 9.94. The molecule has 22 heavy (non-hydrogen) atoms. The molecule has 4 nitrogen and oxygen atoms in total. The molecule has 112 valence electrons. The summed E-state index contributed by atoms with van der Waals surface area (Å²) in [4.78, 5) is 11.6. The molecule has 0 bridgehead atoms. The molecule has 0 unspecified atom stereocenters. The molecule has 0 saturated carbocycles. The Bertz CT molecular complexity index is 763. The standard InChI is InChI=1S/C16H10Cl2O4/c17-12-2-1-3-13(18)11(12)7-10(16(19)20)9-4-5-14-15(6-9)22-8-21-14/h1-7H,8H2,(H,19,20)/b10-7-. The summed E-state index contributed by atoms with van der Waals surface area (Å²) in [5.74, 6) is 0.00835. The monoisotopic (exact) mass is 336 g/mol. The summed E-state index contributed by atoms with van der Waals surface area (Å²) in [6.07, 6.45) is 1.45. The van der Waals surface area contributed by atoms with Crippen LogP contribution in [0.5, 0.6) is 11.5 Å². The molecule has 1 heterocycles. The SMILES string of the molecule is O=C(O)/C(=C\c1c(Cl)cccc1Cl)c1ccc2c(c1)OCO2. The third-order valence-electron chi connectivity index (χ3n) is 3.20. The number of benzene rings is 2. The second-order valence-corrected chi connectivity index (χ2v) is 5.38. The van der Waals surface area contributed by atoms with Crippen molar-refractivity contribution >= 4 is 40.8 Å². The van der Waals surface area contributed by atoms with Crippen molar-refractivity contribution in [2.45, 2.75) is 0 Å². The van der Waals surface area contributed by atoms with Crippen molar-refractivity contribution in [3.8, 4) is 11.5 Å². The van der Waals surface area contributed by atoms with Crippen LogP contribution < -0.4 is 9.47 Å². The number of carboxylic acid groups (broad SMARTS) is 1. The smallest absolute Gasteiger partial charge is 0.336 e. The summed E-state index contributed by atoms with van der Waals surface area (Å²) in [7, 11) is 0. The van der Waals surface area contributed by atoms with E-state index in [1.54, 1.807) is 36.4 Å². The number of halogens is 2. The molecule has 3 rings (SSSR count). The predicted molar refractivity (Wildman–Crippen MR) is 84.5 cm³/mol. The molecular weight excluding hydrogens is 327 g/mol. The molecular formula is C16H10Cl2O4. The zero-order valence-corrected chi connectivity index (χ0v) is 12.7. The molecule has 0 saturated heterocycles. The number of ether oxygens (including phenoxy) is 2. The molecule has 1 N–H and O–H groups in total. The van der Waals surface area contributed by atoms with Crippen LogP contribution in [0.3, 0.4) is 0 Å². The quantitative estimate of drug-likeness (QED) is 0.668. The minimum absolute atomic E-state index is 0.0632. The number of hydrogen-bond donors (Lipinski definition) is 1. The van der Waals surface area contributed by atoms with Gasteiger partial charge >= 0.3 is 5.97 Å². The fourth-order valence-corrected chi connectivity index (χ4v) is 2.63. The molecule has 6 heteroatoms. The summed E-state index contributed by atoms with van der Waals surface area (Å²) >= 11 is 12.2. The van der Waals surface area contributed by atoms with Gasteiger partial charge in [-0.25, -0.2) is 4.79 Å². The summed E-state index contributed by atoms with van der Waals surface area (Å²) in [5.41, 5.74) is 1.00. The van der Waals surface area contributed by atoms with Crippen molar-refractivity contribution in [1.82, 2.24) is 0 Å². The van der Waals surface area contributed by atoms with E-state index in [-0.39, 0.29) is 12.4 Å². The van der Waals surface area contributed by atoms with Crippen LogP contribution in [0.15, 0.2) is 36.4 Å². The average molecular weight is 337 g/mol. The van der Waals surface area contributed by atoms with Crippen LogP contribution >= 0.6 is 23.2 Å². The Morgan fingerprint density at radius 2 is 1.77 bits per heavy atom. The normalized spacial score (nSPS) is 13.3. The lowest BCUT2D eigenvalue weighted by Crippen LogP contribution is -2.00. The van der Waals surface area contributed by atoms with Crippen LogP contribution in [0, 0.1) is 0 Å². The maximum Gasteiger partial charge on any atom is 0.336 e. The number of carbonyl (C=O) groups is 1. The highest BCUT2D eigenvalue weighted by molar-refractivity contribution is 6.38. The van der Waals surface area contributed by atoms with E-state index in [0.717, 1.165) is 0 Å². The molecule has 2 aromatic carbocycles. The lowest BCUT2D eigenvalue weighted by Gasteiger charge is -2.07. The second-order valence-electron chi connectivity index (χ2n) is 4.57. The first-order chi connectivity index (χ1) is 10.6. The van der Waals surface area contributed by atoms with Gasteiger partial charge in [0.05, 0.1) is 5.57 Å². The number of carboxylic acids is 1. The molecule has 0 fully saturated rings. The Kier molecular flexibility index (Phi) is 3.96. The molecule has 2 aromatic rings. The van der Waals surface area contributed by atoms with Crippen LogP contribution in [-0.4, -0.2) is 17.9 Å². The number of fused-ring (bicyclic) bond motifs is 1.